The van der Waals surface area contributed by atoms with E-state index in [1.165, 1.54) is 0 Å². The van der Waals surface area contributed by atoms with Crippen LogP contribution in [-0.2, 0) is 0 Å². The lowest BCUT2D eigenvalue weighted by molar-refractivity contribution is 0.160. The van der Waals surface area contributed by atoms with Crippen LogP contribution in [0.1, 0.15) is 26.7 Å². The Morgan fingerprint density at radius 2 is 1.45 bits per heavy atom. The van der Waals surface area contributed by atoms with E-state index in [1.807, 2.05) is 0 Å². The smallest absolute Gasteiger partial charge is 0.0607 e. The first-order valence-electron chi connectivity index (χ1n) is 4.26. The van der Waals surface area contributed by atoms with Crippen molar-refractivity contribution in [3.05, 3.63) is 0 Å². The molecule has 0 aliphatic heterocycles. The number of rotatable bonds is 6. The van der Waals surface area contributed by atoms with Crippen molar-refractivity contribution in [3.63, 3.8) is 0 Å². The number of aliphatic hydroxyl groups is 2. The number of aliphatic hydroxyl groups excluding tert-OH is 2. The lowest BCUT2D eigenvalue weighted by Gasteiger charge is -2.20. The van der Waals surface area contributed by atoms with Crippen molar-refractivity contribution in [3.8, 4) is 0 Å². The molecule has 0 aliphatic carbocycles. The molecule has 3 nitrogen and oxygen atoms in total. The average Bonchev–Trinajstić information content (AvgIpc) is 2.07. The van der Waals surface area contributed by atoms with Crippen LogP contribution >= 0.6 is 0 Å². The Labute approximate surface area is 68.4 Å². The predicted octanol–water partition coefficient (Wildman–Crippen LogP) is 0.118. The fourth-order valence-electron chi connectivity index (χ4n) is 1.02. The van der Waals surface area contributed by atoms with Gasteiger partial charge >= 0.3 is 0 Å². The Hall–Kier alpha value is -0.120. The van der Waals surface area contributed by atoms with Crippen molar-refractivity contribution >= 4 is 0 Å². The molecule has 0 atom stereocenters. The van der Waals surface area contributed by atoms with E-state index in [4.69, 9.17) is 10.2 Å². The Balaban J connectivity index is 3.58. The molecule has 68 valence electrons. The minimum absolute atomic E-state index is 0.00694. The molecule has 3 heteroatoms. The maximum absolute atomic E-state index is 8.74. The molecule has 0 fully saturated rings. The molecule has 3 N–H and O–H groups in total. The van der Waals surface area contributed by atoms with Gasteiger partial charge in [0.15, 0.2) is 0 Å². The maximum Gasteiger partial charge on any atom is 0.0607 e. The fourth-order valence-corrected chi connectivity index (χ4v) is 1.02. The van der Waals surface area contributed by atoms with E-state index < -0.39 is 0 Å². The third-order valence-electron chi connectivity index (χ3n) is 1.90. The molecule has 0 radical (unpaired) electrons. The van der Waals surface area contributed by atoms with E-state index in [0.29, 0.717) is 6.04 Å². The van der Waals surface area contributed by atoms with Gasteiger partial charge in [-0.05, 0) is 12.8 Å². The molecule has 0 heterocycles. The van der Waals surface area contributed by atoms with Crippen molar-refractivity contribution in [1.82, 2.24) is 5.32 Å². The highest BCUT2D eigenvalue weighted by molar-refractivity contribution is 4.70. The van der Waals surface area contributed by atoms with Crippen LogP contribution in [0, 0.1) is 0 Å². The summed E-state index contributed by atoms with van der Waals surface area (Å²) < 4.78 is 0. The molecule has 0 amide bonds. The molecular formula is C8H19NO2. The summed E-state index contributed by atoms with van der Waals surface area (Å²) in [6.45, 7) is 4.19. The third-order valence-corrected chi connectivity index (χ3v) is 1.90. The number of hydrogen-bond acceptors (Lipinski definition) is 3. The molecule has 0 aromatic heterocycles. The van der Waals surface area contributed by atoms with Crippen LogP contribution < -0.4 is 5.32 Å². The summed E-state index contributed by atoms with van der Waals surface area (Å²) in [5.74, 6) is 0. The second kappa shape index (κ2) is 6.58. The predicted molar refractivity (Wildman–Crippen MR) is 45.5 cm³/mol. The zero-order chi connectivity index (χ0) is 8.69. The van der Waals surface area contributed by atoms with Crippen LogP contribution in [0.3, 0.4) is 0 Å². The quantitative estimate of drug-likeness (QED) is 0.518. The minimum Gasteiger partial charge on any atom is -0.395 e. The number of hydrogen-bond donors (Lipinski definition) is 3. The fraction of sp³-hybridized carbons (Fsp3) is 1.00. The lowest BCUT2D eigenvalue weighted by Crippen LogP contribution is -2.42. The highest BCUT2D eigenvalue weighted by Crippen LogP contribution is 1.97. The SMILES string of the molecule is CCC(CC)NC(CO)CO. The van der Waals surface area contributed by atoms with Gasteiger partial charge in [-0.3, -0.25) is 0 Å². The molecule has 0 saturated heterocycles. The van der Waals surface area contributed by atoms with Gasteiger partial charge in [0, 0.05) is 6.04 Å². The second-order valence-corrected chi connectivity index (χ2v) is 2.74. The summed E-state index contributed by atoms with van der Waals surface area (Å²) >= 11 is 0. The zero-order valence-corrected chi connectivity index (χ0v) is 7.38. The van der Waals surface area contributed by atoms with E-state index in [-0.39, 0.29) is 19.3 Å². The van der Waals surface area contributed by atoms with Crippen molar-refractivity contribution in [2.24, 2.45) is 0 Å². The summed E-state index contributed by atoms with van der Waals surface area (Å²) in [6.07, 6.45) is 2.07. The minimum atomic E-state index is -0.153. The molecule has 0 bridgehead atoms. The first-order chi connectivity index (χ1) is 5.28. The lowest BCUT2D eigenvalue weighted by atomic mass is 10.1. The molecule has 0 aromatic carbocycles. The molecule has 0 aliphatic rings. The topological polar surface area (TPSA) is 52.5 Å². The standard InChI is InChI=1S/C8H19NO2/c1-3-7(4-2)9-8(5-10)6-11/h7-11H,3-6H2,1-2H3. The third kappa shape index (κ3) is 4.35. The van der Waals surface area contributed by atoms with Crippen molar-refractivity contribution < 1.29 is 10.2 Å². The largest absolute Gasteiger partial charge is 0.395 e. The van der Waals surface area contributed by atoms with E-state index in [2.05, 4.69) is 19.2 Å². The van der Waals surface area contributed by atoms with Crippen LogP contribution in [0.5, 0.6) is 0 Å². The molecule has 0 rings (SSSR count). The summed E-state index contributed by atoms with van der Waals surface area (Å²) in [5, 5.41) is 20.6. The van der Waals surface area contributed by atoms with Gasteiger partial charge in [0.1, 0.15) is 0 Å². The van der Waals surface area contributed by atoms with Crippen LogP contribution in [-0.4, -0.2) is 35.5 Å². The Morgan fingerprint density at radius 3 is 1.73 bits per heavy atom. The van der Waals surface area contributed by atoms with Gasteiger partial charge in [0.25, 0.3) is 0 Å². The monoisotopic (exact) mass is 161 g/mol. The van der Waals surface area contributed by atoms with Gasteiger partial charge in [-0.15, -0.1) is 0 Å². The molecule has 0 spiro atoms. The van der Waals surface area contributed by atoms with Crippen LogP contribution in [0.4, 0.5) is 0 Å². The van der Waals surface area contributed by atoms with Gasteiger partial charge < -0.3 is 15.5 Å². The van der Waals surface area contributed by atoms with Gasteiger partial charge in [-0.2, -0.15) is 0 Å². The number of nitrogens with one attached hydrogen (secondary N) is 1. The Kier molecular flexibility index (Phi) is 6.51. The zero-order valence-electron chi connectivity index (χ0n) is 7.38. The van der Waals surface area contributed by atoms with Gasteiger partial charge in [0.05, 0.1) is 19.3 Å². The van der Waals surface area contributed by atoms with Crippen LogP contribution in [0.2, 0.25) is 0 Å². The Bertz CT molecular complexity index is 70.2. The Morgan fingerprint density at radius 1 is 1.00 bits per heavy atom. The maximum atomic E-state index is 8.74. The molecule has 11 heavy (non-hydrogen) atoms. The second-order valence-electron chi connectivity index (χ2n) is 2.74. The van der Waals surface area contributed by atoms with E-state index >= 15 is 0 Å². The van der Waals surface area contributed by atoms with Gasteiger partial charge in [0.2, 0.25) is 0 Å². The summed E-state index contributed by atoms with van der Waals surface area (Å²) in [5.41, 5.74) is 0. The van der Waals surface area contributed by atoms with E-state index in [1.54, 1.807) is 0 Å². The van der Waals surface area contributed by atoms with Crippen molar-refractivity contribution in [2.75, 3.05) is 13.2 Å². The highest BCUT2D eigenvalue weighted by atomic mass is 16.3. The molecule has 0 saturated carbocycles. The van der Waals surface area contributed by atoms with Crippen molar-refractivity contribution in [1.29, 1.82) is 0 Å². The first-order valence-corrected chi connectivity index (χ1v) is 4.26. The molecule has 0 unspecified atom stereocenters. The van der Waals surface area contributed by atoms with E-state index in [9.17, 15) is 0 Å². The highest BCUT2D eigenvalue weighted by Gasteiger charge is 2.09. The van der Waals surface area contributed by atoms with Gasteiger partial charge in [-0.25, -0.2) is 0 Å². The van der Waals surface area contributed by atoms with Crippen LogP contribution in [0.25, 0.3) is 0 Å². The summed E-state index contributed by atoms with van der Waals surface area (Å²) in [6, 6.07) is 0.263. The summed E-state index contributed by atoms with van der Waals surface area (Å²) in [7, 11) is 0. The van der Waals surface area contributed by atoms with Gasteiger partial charge in [-0.1, -0.05) is 13.8 Å². The van der Waals surface area contributed by atoms with Crippen LogP contribution in [0.15, 0.2) is 0 Å². The van der Waals surface area contributed by atoms with E-state index in [0.717, 1.165) is 12.8 Å². The van der Waals surface area contributed by atoms with Crippen molar-refractivity contribution in [2.45, 2.75) is 38.8 Å². The summed E-state index contributed by atoms with van der Waals surface area (Å²) in [4.78, 5) is 0. The average molecular weight is 161 g/mol. The first kappa shape index (κ1) is 10.9. The molecular weight excluding hydrogens is 142 g/mol. The molecule has 0 aromatic rings. The normalized spacial score (nSPS) is 11.5.